The van der Waals surface area contributed by atoms with Crippen molar-refractivity contribution in [2.45, 2.75) is 44.0 Å². The van der Waals surface area contributed by atoms with Crippen LogP contribution in [0.25, 0.3) is 0 Å². The van der Waals surface area contributed by atoms with Crippen molar-refractivity contribution in [2.75, 3.05) is 0 Å². The van der Waals surface area contributed by atoms with E-state index < -0.39 is 10.0 Å². The Morgan fingerprint density at radius 1 is 0.957 bits per heavy atom. The summed E-state index contributed by atoms with van der Waals surface area (Å²) in [7, 11) is -3.56. The van der Waals surface area contributed by atoms with E-state index in [1.165, 1.54) is 0 Å². The van der Waals surface area contributed by atoms with Gasteiger partial charge in [0, 0.05) is 11.1 Å². The third kappa shape index (κ3) is 4.56. The van der Waals surface area contributed by atoms with Crippen LogP contribution in [-0.4, -0.2) is 8.42 Å². The number of hydrogen-bond acceptors (Lipinski definition) is 2. The molecule has 0 saturated carbocycles. The summed E-state index contributed by atoms with van der Waals surface area (Å²) in [5.41, 5.74) is 1.96. The maximum atomic E-state index is 12.5. The number of hydrogen-bond donors (Lipinski definition) is 1. The summed E-state index contributed by atoms with van der Waals surface area (Å²) < 4.78 is 27.7. The summed E-state index contributed by atoms with van der Waals surface area (Å²) in [6.45, 7) is 8.09. The fraction of sp³-hybridized carbons (Fsp3) is 0.333. The highest BCUT2D eigenvalue weighted by molar-refractivity contribution is 7.89. The molecule has 124 valence electrons. The van der Waals surface area contributed by atoms with Gasteiger partial charge in [0.1, 0.15) is 0 Å². The lowest BCUT2D eigenvalue weighted by Crippen LogP contribution is -2.27. The van der Waals surface area contributed by atoms with Gasteiger partial charge < -0.3 is 0 Å². The molecule has 3 nitrogen and oxygen atoms in total. The van der Waals surface area contributed by atoms with Crippen LogP contribution in [0.4, 0.5) is 0 Å². The molecule has 1 N–H and O–H groups in total. The Balaban J connectivity index is 2.20. The monoisotopic (exact) mass is 351 g/mol. The van der Waals surface area contributed by atoms with E-state index in [-0.39, 0.29) is 16.4 Å². The Morgan fingerprint density at radius 2 is 1.48 bits per heavy atom. The smallest absolute Gasteiger partial charge is 0.207 e. The molecule has 2 rings (SSSR count). The van der Waals surface area contributed by atoms with Crippen molar-refractivity contribution in [3.8, 4) is 0 Å². The summed E-state index contributed by atoms with van der Waals surface area (Å²) in [5.74, 6) is 0. The molecule has 0 saturated heterocycles. The van der Waals surface area contributed by atoms with Crippen molar-refractivity contribution >= 4 is 21.6 Å². The van der Waals surface area contributed by atoms with E-state index in [1.54, 1.807) is 24.3 Å². The molecule has 0 fully saturated rings. The molecular weight excluding hydrogens is 330 g/mol. The lowest BCUT2D eigenvalue weighted by atomic mass is 9.87. The van der Waals surface area contributed by atoms with Gasteiger partial charge in [0.2, 0.25) is 10.0 Å². The van der Waals surface area contributed by atoms with Crippen molar-refractivity contribution in [1.82, 2.24) is 4.72 Å². The highest BCUT2D eigenvalue weighted by atomic mass is 35.5. The van der Waals surface area contributed by atoms with Crippen molar-refractivity contribution < 1.29 is 8.42 Å². The van der Waals surface area contributed by atoms with Crippen LogP contribution in [0.3, 0.4) is 0 Å². The molecule has 2 aromatic carbocycles. The van der Waals surface area contributed by atoms with Gasteiger partial charge in [-0.2, -0.15) is 0 Å². The standard InChI is InChI=1S/C18H22ClNO2S/c1-13(14-5-9-16(19)10-6-14)20-23(21,22)17-11-7-15(8-12-17)18(2,3)4/h5-13,20H,1-4H3/t13-/m1/s1. The van der Waals surface area contributed by atoms with Crippen molar-refractivity contribution in [1.29, 1.82) is 0 Å². The average Bonchev–Trinajstić information content (AvgIpc) is 2.46. The Bertz CT molecular complexity index is 760. The largest absolute Gasteiger partial charge is 0.241 e. The van der Waals surface area contributed by atoms with Crippen LogP contribution in [0.5, 0.6) is 0 Å². The minimum Gasteiger partial charge on any atom is -0.207 e. The molecule has 2 aromatic rings. The molecule has 0 aliphatic carbocycles. The Labute approximate surface area is 143 Å². The zero-order valence-electron chi connectivity index (χ0n) is 13.8. The molecule has 0 bridgehead atoms. The first-order chi connectivity index (χ1) is 10.6. The number of sulfonamides is 1. The fourth-order valence-electron chi connectivity index (χ4n) is 2.25. The van der Waals surface area contributed by atoms with Gasteiger partial charge in [-0.3, -0.25) is 0 Å². The molecule has 0 amide bonds. The molecule has 0 aliphatic heterocycles. The lowest BCUT2D eigenvalue weighted by molar-refractivity contribution is 0.565. The molecule has 0 unspecified atom stereocenters. The minimum atomic E-state index is -3.56. The predicted molar refractivity (Wildman–Crippen MR) is 95.3 cm³/mol. The van der Waals surface area contributed by atoms with E-state index in [0.29, 0.717) is 5.02 Å². The van der Waals surface area contributed by atoms with E-state index in [1.807, 2.05) is 31.2 Å². The average molecular weight is 352 g/mol. The van der Waals surface area contributed by atoms with Crippen molar-refractivity contribution in [3.63, 3.8) is 0 Å². The minimum absolute atomic E-state index is 0.00762. The van der Waals surface area contributed by atoms with Gasteiger partial charge in [0.05, 0.1) is 4.90 Å². The van der Waals surface area contributed by atoms with Gasteiger partial charge in [-0.05, 0) is 47.7 Å². The van der Waals surface area contributed by atoms with Crippen LogP contribution in [0.2, 0.25) is 5.02 Å². The van der Waals surface area contributed by atoms with E-state index in [9.17, 15) is 8.42 Å². The topological polar surface area (TPSA) is 46.2 Å². The van der Waals surface area contributed by atoms with E-state index in [4.69, 9.17) is 11.6 Å². The summed E-state index contributed by atoms with van der Waals surface area (Å²) in [4.78, 5) is 0.270. The second-order valence-corrected chi connectivity index (χ2v) is 8.82. The zero-order valence-corrected chi connectivity index (χ0v) is 15.4. The summed E-state index contributed by atoms with van der Waals surface area (Å²) in [5, 5.41) is 0.626. The number of rotatable bonds is 4. The molecule has 0 heterocycles. The molecule has 0 radical (unpaired) electrons. The molecule has 1 atom stereocenters. The van der Waals surface area contributed by atoms with Gasteiger partial charge in [-0.15, -0.1) is 0 Å². The van der Waals surface area contributed by atoms with Crippen LogP contribution >= 0.6 is 11.6 Å². The maximum Gasteiger partial charge on any atom is 0.241 e. The highest BCUT2D eigenvalue weighted by Gasteiger charge is 2.20. The molecule has 0 spiro atoms. The Morgan fingerprint density at radius 3 is 1.96 bits per heavy atom. The van der Waals surface area contributed by atoms with Gasteiger partial charge in [0.25, 0.3) is 0 Å². The molecule has 0 aliphatic rings. The fourth-order valence-corrected chi connectivity index (χ4v) is 3.61. The second kappa shape index (κ2) is 6.63. The van der Waals surface area contributed by atoms with Gasteiger partial charge in [-0.25, -0.2) is 13.1 Å². The summed E-state index contributed by atoms with van der Waals surface area (Å²) in [6.07, 6.45) is 0. The number of halogens is 1. The third-order valence-corrected chi connectivity index (χ3v) is 5.54. The van der Waals surface area contributed by atoms with Gasteiger partial charge in [0.15, 0.2) is 0 Å². The van der Waals surface area contributed by atoms with Crippen molar-refractivity contribution in [3.05, 3.63) is 64.7 Å². The first-order valence-corrected chi connectivity index (χ1v) is 9.34. The van der Waals surface area contributed by atoms with Crippen LogP contribution in [-0.2, 0) is 15.4 Å². The Hall–Kier alpha value is -1.36. The first kappa shape index (κ1) is 18.0. The van der Waals surface area contributed by atoms with Gasteiger partial charge >= 0.3 is 0 Å². The number of benzene rings is 2. The van der Waals surface area contributed by atoms with E-state index >= 15 is 0 Å². The Kier molecular flexibility index (Phi) is 5.19. The maximum absolute atomic E-state index is 12.5. The quantitative estimate of drug-likeness (QED) is 0.869. The molecule has 5 heteroatoms. The van der Waals surface area contributed by atoms with E-state index in [0.717, 1.165) is 11.1 Å². The first-order valence-electron chi connectivity index (χ1n) is 7.48. The molecule has 23 heavy (non-hydrogen) atoms. The third-order valence-electron chi connectivity index (χ3n) is 3.73. The normalized spacial score (nSPS) is 13.8. The predicted octanol–water partition coefficient (Wildman–Crippen LogP) is 4.68. The molecule has 0 aromatic heterocycles. The van der Waals surface area contributed by atoms with Crippen molar-refractivity contribution in [2.24, 2.45) is 0 Å². The lowest BCUT2D eigenvalue weighted by Gasteiger charge is -2.20. The van der Waals surface area contributed by atoms with Crippen LogP contribution in [0.15, 0.2) is 53.4 Å². The second-order valence-electron chi connectivity index (χ2n) is 6.67. The summed E-state index contributed by atoms with van der Waals surface area (Å²) >= 11 is 5.86. The van der Waals surface area contributed by atoms with Crippen LogP contribution in [0.1, 0.15) is 44.9 Å². The highest BCUT2D eigenvalue weighted by Crippen LogP contribution is 2.24. The van der Waals surface area contributed by atoms with Crippen LogP contribution < -0.4 is 4.72 Å². The zero-order chi connectivity index (χ0) is 17.3. The van der Waals surface area contributed by atoms with Crippen LogP contribution in [0, 0.1) is 0 Å². The van der Waals surface area contributed by atoms with E-state index in [2.05, 4.69) is 25.5 Å². The number of nitrogens with one attached hydrogen (secondary N) is 1. The SMILES string of the molecule is C[C@@H](NS(=O)(=O)c1ccc(C(C)(C)C)cc1)c1ccc(Cl)cc1. The molecular formula is C18H22ClNO2S. The van der Waals surface area contributed by atoms with Gasteiger partial charge in [-0.1, -0.05) is 56.6 Å². The summed E-state index contributed by atoms with van der Waals surface area (Å²) in [6, 6.07) is 13.8.